The van der Waals surface area contributed by atoms with Gasteiger partial charge >= 0.3 is 0 Å². The van der Waals surface area contributed by atoms with E-state index in [0.29, 0.717) is 18.4 Å². The molecule has 0 heterocycles. The first-order chi connectivity index (χ1) is 9.69. The summed E-state index contributed by atoms with van der Waals surface area (Å²) in [6, 6.07) is 14.8. The Kier molecular flexibility index (Phi) is 3.58. The van der Waals surface area contributed by atoms with Crippen molar-refractivity contribution in [3.05, 3.63) is 71.0 Å². The third-order valence-electron chi connectivity index (χ3n) is 4.25. The van der Waals surface area contributed by atoms with Crippen molar-refractivity contribution in [2.45, 2.75) is 37.7 Å². The summed E-state index contributed by atoms with van der Waals surface area (Å²) in [5.41, 5.74) is 1.81. The smallest absolute Gasteiger partial charge is 0.126 e. The predicted molar refractivity (Wildman–Crippen MR) is 78.0 cm³/mol. The Bertz CT molecular complexity index is 608. The number of hydrogen-bond donors (Lipinski definition) is 1. The Morgan fingerprint density at radius 1 is 1.00 bits per heavy atom. The molecule has 0 saturated heterocycles. The van der Waals surface area contributed by atoms with E-state index < -0.39 is 5.60 Å². The van der Waals surface area contributed by atoms with E-state index in [9.17, 15) is 9.50 Å². The molecule has 1 atom stereocenters. The summed E-state index contributed by atoms with van der Waals surface area (Å²) >= 11 is 0. The minimum Gasteiger partial charge on any atom is -0.385 e. The maximum Gasteiger partial charge on any atom is 0.126 e. The van der Waals surface area contributed by atoms with Crippen LogP contribution in [0.2, 0.25) is 0 Å². The zero-order valence-corrected chi connectivity index (χ0v) is 11.5. The minimum absolute atomic E-state index is 0.234. The highest BCUT2D eigenvalue weighted by Crippen LogP contribution is 2.37. The average molecular weight is 270 g/mol. The van der Waals surface area contributed by atoms with Crippen molar-refractivity contribution in [3.8, 4) is 0 Å². The fraction of sp³-hybridized carbons (Fsp3) is 0.333. The Balaban J connectivity index is 2.01. The van der Waals surface area contributed by atoms with Crippen LogP contribution in [0, 0.1) is 5.82 Å². The van der Waals surface area contributed by atoms with E-state index in [1.807, 2.05) is 24.3 Å². The zero-order valence-electron chi connectivity index (χ0n) is 11.5. The summed E-state index contributed by atoms with van der Waals surface area (Å²) in [4.78, 5) is 0. The molecule has 0 spiro atoms. The average Bonchev–Trinajstić information content (AvgIpc) is 2.62. The van der Waals surface area contributed by atoms with Crippen LogP contribution in [-0.4, -0.2) is 5.11 Å². The van der Waals surface area contributed by atoms with Crippen LogP contribution in [0.4, 0.5) is 4.39 Å². The van der Waals surface area contributed by atoms with Gasteiger partial charge in [-0.3, -0.25) is 0 Å². The number of rotatable bonds is 2. The number of aliphatic hydroxyl groups is 1. The third kappa shape index (κ3) is 2.48. The first-order valence-corrected chi connectivity index (χ1v) is 7.23. The molecule has 1 N–H and O–H groups in total. The first kappa shape index (κ1) is 13.3. The fourth-order valence-electron chi connectivity index (χ4n) is 3.20. The maximum atomic E-state index is 13.9. The molecule has 1 nitrogen and oxygen atoms in total. The largest absolute Gasteiger partial charge is 0.385 e. The van der Waals surface area contributed by atoms with Gasteiger partial charge < -0.3 is 5.11 Å². The lowest BCUT2D eigenvalue weighted by molar-refractivity contribution is 0.0264. The topological polar surface area (TPSA) is 20.2 Å². The van der Waals surface area contributed by atoms with E-state index in [2.05, 4.69) is 6.07 Å². The van der Waals surface area contributed by atoms with Gasteiger partial charge in [-0.25, -0.2) is 4.39 Å². The van der Waals surface area contributed by atoms with Crippen molar-refractivity contribution in [1.29, 1.82) is 0 Å². The second kappa shape index (κ2) is 5.37. The van der Waals surface area contributed by atoms with Gasteiger partial charge in [0.25, 0.3) is 0 Å². The second-order valence-electron chi connectivity index (χ2n) is 5.66. The summed E-state index contributed by atoms with van der Waals surface area (Å²) < 4.78 is 13.9. The van der Waals surface area contributed by atoms with Crippen molar-refractivity contribution in [2.24, 2.45) is 0 Å². The molecule has 1 aliphatic rings. The highest BCUT2D eigenvalue weighted by atomic mass is 19.1. The Labute approximate surface area is 119 Å². The molecular weight excluding hydrogens is 251 g/mol. The summed E-state index contributed by atoms with van der Waals surface area (Å²) in [7, 11) is 0. The van der Waals surface area contributed by atoms with Crippen LogP contribution in [-0.2, 0) is 18.4 Å². The number of aryl methyl sites for hydroxylation is 1. The summed E-state index contributed by atoms with van der Waals surface area (Å²) in [5.74, 6) is -0.234. The van der Waals surface area contributed by atoms with Gasteiger partial charge in [0.05, 0.1) is 5.60 Å². The molecule has 0 fully saturated rings. The first-order valence-electron chi connectivity index (χ1n) is 7.23. The molecule has 1 unspecified atom stereocenters. The molecule has 0 aromatic heterocycles. The fourth-order valence-corrected chi connectivity index (χ4v) is 3.20. The van der Waals surface area contributed by atoms with Gasteiger partial charge in [-0.05, 0) is 48.4 Å². The van der Waals surface area contributed by atoms with E-state index in [4.69, 9.17) is 0 Å². The van der Waals surface area contributed by atoms with Crippen LogP contribution >= 0.6 is 0 Å². The molecular formula is C18H19FO. The molecule has 0 saturated carbocycles. The van der Waals surface area contributed by atoms with Crippen LogP contribution in [0.25, 0.3) is 0 Å². The molecule has 0 aliphatic heterocycles. The van der Waals surface area contributed by atoms with Gasteiger partial charge in [-0.2, -0.15) is 0 Å². The van der Waals surface area contributed by atoms with Gasteiger partial charge in [0.2, 0.25) is 0 Å². The lowest BCUT2D eigenvalue weighted by Crippen LogP contribution is -2.29. The van der Waals surface area contributed by atoms with Crippen molar-refractivity contribution in [2.75, 3.05) is 0 Å². The van der Waals surface area contributed by atoms with Gasteiger partial charge in [-0.15, -0.1) is 0 Å². The van der Waals surface area contributed by atoms with Crippen molar-refractivity contribution >= 4 is 0 Å². The minimum atomic E-state index is -0.949. The van der Waals surface area contributed by atoms with Crippen LogP contribution in [0.5, 0.6) is 0 Å². The Morgan fingerprint density at radius 3 is 2.60 bits per heavy atom. The monoisotopic (exact) mass is 270 g/mol. The van der Waals surface area contributed by atoms with Crippen LogP contribution in [0.1, 0.15) is 36.0 Å². The van der Waals surface area contributed by atoms with E-state index in [1.54, 1.807) is 12.1 Å². The van der Waals surface area contributed by atoms with Crippen molar-refractivity contribution in [1.82, 2.24) is 0 Å². The number of benzene rings is 2. The maximum absolute atomic E-state index is 13.9. The molecule has 2 aromatic rings. The van der Waals surface area contributed by atoms with Crippen LogP contribution in [0.3, 0.4) is 0 Å². The predicted octanol–water partition coefficient (Wildman–Crippen LogP) is 3.98. The van der Waals surface area contributed by atoms with Gasteiger partial charge in [0.1, 0.15) is 5.82 Å². The molecule has 3 rings (SSSR count). The third-order valence-corrected chi connectivity index (χ3v) is 4.25. The van der Waals surface area contributed by atoms with Gasteiger partial charge in [0, 0.05) is 6.42 Å². The normalized spacial score (nSPS) is 22.1. The molecule has 20 heavy (non-hydrogen) atoms. The molecule has 1 aliphatic carbocycles. The molecule has 104 valence electrons. The highest BCUT2D eigenvalue weighted by Gasteiger charge is 2.33. The number of halogens is 1. The Morgan fingerprint density at radius 2 is 1.75 bits per heavy atom. The number of hydrogen-bond acceptors (Lipinski definition) is 1. The van der Waals surface area contributed by atoms with E-state index in [1.165, 1.54) is 11.6 Å². The van der Waals surface area contributed by atoms with Gasteiger partial charge in [-0.1, -0.05) is 42.5 Å². The van der Waals surface area contributed by atoms with Crippen molar-refractivity contribution in [3.63, 3.8) is 0 Å². The SMILES string of the molecule is OC1(Cc2ccccc2F)CCCCc2ccccc21. The van der Waals surface area contributed by atoms with E-state index in [0.717, 1.165) is 24.8 Å². The van der Waals surface area contributed by atoms with Crippen LogP contribution in [0.15, 0.2) is 48.5 Å². The van der Waals surface area contributed by atoms with E-state index >= 15 is 0 Å². The Hall–Kier alpha value is -1.67. The summed E-state index contributed by atoms with van der Waals surface area (Å²) in [6.45, 7) is 0. The van der Waals surface area contributed by atoms with E-state index in [-0.39, 0.29) is 5.82 Å². The lowest BCUT2D eigenvalue weighted by Gasteiger charge is -2.29. The molecule has 2 aromatic carbocycles. The quantitative estimate of drug-likeness (QED) is 0.818. The highest BCUT2D eigenvalue weighted by molar-refractivity contribution is 5.35. The zero-order chi connectivity index (χ0) is 14.0. The van der Waals surface area contributed by atoms with Crippen LogP contribution < -0.4 is 0 Å². The second-order valence-corrected chi connectivity index (χ2v) is 5.66. The van der Waals surface area contributed by atoms with Crippen molar-refractivity contribution < 1.29 is 9.50 Å². The summed E-state index contributed by atoms with van der Waals surface area (Å²) in [5, 5.41) is 11.1. The lowest BCUT2D eigenvalue weighted by atomic mass is 9.82. The molecule has 0 amide bonds. The standard InChI is InChI=1S/C18H19FO/c19-17-11-4-2-9-15(17)13-18(20)12-6-5-8-14-7-1-3-10-16(14)18/h1-4,7,9-11,20H,5-6,8,12-13H2. The van der Waals surface area contributed by atoms with Gasteiger partial charge in [0.15, 0.2) is 0 Å². The summed E-state index contributed by atoms with van der Waals surface area (Å²) in [6.07, 6.45) is 4.08. The molecule has 0 radical (unpaired) electrons. The molecule has 0 bridgehead atoms. The number of fused-ring (bicyclic) bond motifs is 1. The molecule has 2 heteroatoms.